The molecule has 0 aromatic heterocycles. The van der Waals surface area contributed by atoms with Crippen molar-refractivity contribution in [1.82, 2.24) is 5.32 Å². The normalized spacial score (nSPS) is 11.9. The molecule has 0 aliphatic rings. The third-order valence-electron chi connectivity index (χ3n) is 2.11. The number of halogens is 2. The molecule has 1 amide bonds. The van der Waals surface area contributed by atoms with Gasteiger partial charge in [0.25, 0.3) is 0 Å². The van der Waals surface area contributed by atoms with E-state index in [4.69, 9.17) is 28.3 Å². The lowest BCUT2D eigenvalue weighted by atomic mass is 10.1. The van der Waals surface area contributed by atoms with Crippen LogP contribution in [0, 0.1) is 0 Å². The molecule has 0 spiro atoms. The Hall–Kier alpha value is -1.26. The second kappa shape index (κ2) is 5.89. The quantitative estimate of drug-likeness (QED) is 0.885. The number of aliphatic carboxylic acids is 1. The fourth-order valence-electron chi connectivity index (χ4n) is 1.35. The van der Waals surface area contributed by atoms with Gasteiger partial charge in [-0.05, 0) is 17.7 Å². The summed E-state index contributed by atoms with van der Waals surface area (Å²) in [6, 6.07) is 3.80. The second-order valence-corrected chi connectivity index (χ2v) is 4.37. The first-order valence-electron chi connectivity index (χ1n) is 4.84. The average molecular weight is 276 g/mol. The predicted molar refractivity (Wildman–Crippen MR) is 65.4 cm³/mol. The topological polar surface area (TPSA) is 66.4 Å². The molecule has 0 aliphatic heterocycles. The van der Waals surface area contributed by atoms with Crippen molar-refractivity contribution in [3.63, 3.8) is 0 Å². The number of carboxylic acids is 1. The summed E-state index contributed by atoms with van der Waals surface area (Å²) in [6.45, 7) is 1.26. The average Bonchev–Trinajstić information content (AvgIpc) is 2.19. The van der Waals surface area contributed by atoms with Crippen LogP contribution in [0.1, 0.15) is 12.5 Å². The summed E-state index contributed by atoms with van der Waals surface area (Å²) in [6.07, 6.45) is 0.116. The van der Waals surface area contributed by atoms with Crippen LogP contribution in [-0.2, 0) is 16.0 Å². The first kappa shape index (κ1) is 13.8. The van der Waals surface area contributed by atoms with Crippen LogP contribution >= 0.6 is 23.2 Å². The fraction of sp³-hybridized carbons (Fsp3) is 0.273. The lowest BCUT2D eigenvalue weighted by Gasteiger charge is -2.14. The van der Waals surface area contributed by atoms with Gasteiger partial charge in [-0.25, -0.2) is 4.79 Å². The smallest absolute Gasteiger partial charge is 0.326 e. The summed E-state index contributed by atoms with van der Waals surface area (Å²) in [5.74, 6) is -1.51. The molecule has 0 fully saturated rings. The van der Waals surface area contributed by atoms with E-state index in [-0.39, 0.29) is 6.42 Å². The van der Waals surface area contributed by atoms with E-state index < -0.39 is 17.9 Å². The molecule has 1 aromatic carbocycles. The van der Waals surface area contributed by atoms with Gasteiger partial charge >= 0.3 is 5.97 Å². The Labute approximate surface area is 109 Å². The number of hydrogen-bond acceptors (Lipinski definition) is 2. The second-order valence-electron chi connectivity index (χ2n) is 3.53. The largest absolute Gasteiger partial charge is 0.480 e. The molecule has 0 saturated heterocycles. The van der Waals surface area contributed by atoms with Crippen molar-refractivity contribution < 1.29 is 14.7 Å². The van der Waals surface area contributed by atoms with Crippen molar-refractivity contribution in [2.24, 2.45) is 0 Å². The zero-order chi connectivity index (χ0) is 13.0. The minimum absolute atomic E-state index is 0.116. The molecule has 0 aliphatic carbocycles. The zero-order valence-electron chi connectivity index (χ0n) is 9.04. The van der Waals surface area contributed by atoms with Gasteiger partial charge in [0.05, 0.1) is 0 Å². The minimum Gasteiger partial charge on any atom is -0.480 e. The molecular weight excluding hydrogens is 265 g/mol. The maximum atomic E-state index is 10.9. The van der Waals surface area contributed by atoms with Crippen molar-refractivity contribution in [3.8, 4) is 0 Å². The highest BCUT2D eigenvalue weighted by molar-refractivity contribution is 6.35. The molecular formula is C11H11Cl2NO3. The number of hydrogen-bond donors (Lipinski definition) is 2. The number of benzene rings is 1. The van der Waals surface area contributed by atoms with Gasteiger partial charge in [0, 0.05) is 23.4 Å². The summed E-state index contributed by atoms with van der Waals surface area (Å²) in [5, 5.41) is 12.1. The Bertz CT molecular complexity index is 448. The number of carbonyl (C=O) groups excluding carboxylic acids is 1. The molecule has 4 nitrogen and oxygen atoms in total. The summed E-state index contributed by atoms with van der Waals surface area (Å²) >= 11 is 11.7. The predicted octanol–water partition coefficient (Wildman–Crippen LogP) is 2.13. The summed E-state index contributed by atoms with van der Waals surface area (Å²) in [7, 11) is 0. The third kappa shape index (κ3) is 4.24. The van der Waals surface area contributed by atoms with E-state index in [9.17, 15) is 9.59 Å². The van der Waals surface area contributed by atoms with Crippen LogP contribution in [-0.4, -0.2) is 23.0 Å². The van der Waals surface area contributed by atoms with Crippen molar-refractivity contribution in [2.75, 3.05) is 0 Å². The Balaban J connectivity index is 2.86. The van der Waals surface area contributed by atoms with Crippen molar-refractivity contribution >= 4 is 35.1 Å². The Kier molecular flexibility index (Phi) is 4.78. The molecule has 6 heteroatoms. The molecule has 0 bridgehead atoms. The number of carbonyl (C=O) groups is 2. The van der Waals surface area contributed by atoms with Crippen LogP contribution in [0.5, 0.6) is 0 Å². The van der Waals surface area contributed by atoms with Crippen LogP contribution < -0.4 is 5.32 Å². The van der Waals surface area contributed by atoms with Crippen LogP contribution in [0.2, 0.25) is 10.0 Å². The molecule has 2 N–H and O–H groups in total. The molecule has 1 rings (SSSR count). The highest BCUT2D eigenvalue weighted by atomic mass is 35.5. The first-order valence-corrected chi connectivity index (χ1v) is 5.59. The molecule has 1 unspecified atom stereocenters. The van der Waals surface area contributed by atoms with Gasteiger partial charge in [0.1, 0.15) is 6.04 Å². The third-order valence-corrected chi connectivity index (χ3v) is 2.70. The van der Waals surface area contributed by atoms with E-state index in [0.717, 1.165) is 0 Å². The maximum absolute atomic E-state index is 10.9. The number of amides is 1. The summed E-state index contributed by atoms with van der Waals surface area (Å²) < 4.78 is 0. The standard InChI is InChI=1S/C11H11Cl2NO3/c1-6(15)14-10(11(16)17)4-7-2-3-8(12)5-9(7)13/h2-3,5,10H,4H2,1H3,(H,14,15)(H,16,17). The molecule has 92 valence electrons. The molecule has 0 saturated carbocycles. The van der Waals surface area contributed by atoms with E-state index in [2.05, 4.69) is 5.32 Å². The van der Waals surface area contributed by atoms with Crippen molar-refractivity contribution in [3.05, 3.63) is 33.8 Å². The van der Waals surface area contributed by atoms with Crippen LogP contribution in [0.3, 0.4) is 0 Å². The summed E-state index contributed by atoms with van der Waals surface area (Å²) in [5.41, 5.74) is 0.622. The van der Waals surface area contributed by atoms with Gasteiger partial charge in [0.15, 0.2) is 0 Å². The lowest BCUT2D eigenvalue weighted by molar-refractivity contribution is -0.141. The van der Waals surface area contributed by atoms with Crippen LogP contribution in [0.25, 0.3) is 0 Å². The zero-order valence-corrected chi connectivity index (χ0v) is 10.5. The lowest BCUT2D eigenvalue weighted by Crippen LogP contribution is -2.41. The molecule has 0 radical (unpaired) electrons. The van der Waals surface area contributed by atoms with Crippen molar-refractivity contribution in [2.45, 2.75) is 19.4 Å². The molecule has 17 heavy (non-hydrogen) atoms. The van der Waals surface area contributed by atoms with E-state index in [1.165, 1.54) is 13.0 Å². The monoisotopic (exact) mass is 275 g/mol. The van der Waals surface area contributed by atoms with E-state index in [0.29, 0.717) is 15.6 Å². The SMILES string of the molecule is CC(=O)NC(Cc1ccc(Cl)cc1Cl)C(=O)O. The highest BCUT2D eigenvalue weighted by Crippen LogP contribution is 2.22. The van der Waals surface area contributed by atoms with Gasteiger partial charge in [-0.1, -0.05) is 29.3 Å². The van der Waals surface area contributed by atoms with Gasteiger partial charge in [-0.2, -0.15) is 0 Å². The van der Waals surface area contributed by atoms with Crippen molar-refractivity contribution in [1.29, 1.82) is 0 Å². The first-order chi connectivity index (χ1) is 7.90. The van der Waals surface area contributed by atoms with Crippen LogP contribution in [0.4, 0.5) is 0 Å². The van der Waals surface area contributed by atoms with E-state index in [1.807, 2.05) is 0 Å². The molecule has 0 heterocycles. The maximum Gasteiger partial charge on any atom is 0.326 e. The van der Waals surface area contributed by atoms with Gasteiger partial charge < -0.3 is 10.4 Å². The Morgan fingerprint density at radius 1 is 1.41 bits per heavy atom. The number of carboxylic acid groups (broad SMARTS) is 1. The number of nitrogens with one attached hydrogen (secondary N) is 1. The highest BCUT2D eigenvalue weighted by Gasteiger charge is 2.19. The summed E-state index contributed by atoms with van der Waals surface area (Å²) in [4.78, 5) is 21.8. The van der Waals surface area contributed by atoms with E-state index in [1.54, 1.807) is 12.1 Å². The minimum atomic E-state index is -1.11. The van der Waals surface area contributed by atoms with Crippen LogP contribution in [0.15, 0.2) is 18.2 Å². The Morgan fingerprint density at radius 2 is 2.06 bits per heavy atom. The molecule has 1 aromatic rings. The van der Waals surface area contributed by atoms with Gasteiger partial charge in [-0.15, -0.1) is 0 Å². The number of rotatable bonds is 4. The Morgan fingerprint density at radius 3 is 2.53 bits per heavy atom. The molecule has 1 atom stereocenters. The van der Waals surface area contributed by atoms with Gasteiger partial charge in [-0.3, -0.25) is 4.79 Å². The fourth-order valence-corrected chi connectivity index (χ4v) is 1.84. The van der Waals surface area contributed by atoms with E-state index >= 15 is 0 Å². The van der Waals surface area contributed by atoms with Gasteiger partial charge in [0.2, 0.25) is 5.91 Å².